The maximum absolute atomic E-state index is 12.3. The quantitative estimate of drug-likeness (QED) is 0.239. The first-order chi connectivity index (χ1) is 14.1. The molecule has 2 aromatic carbocycles. The molecule has 0 aliphatic rings. The van der Waals surface area contributed by atoms with E-state index in [2.05, 4.69) is 5.32 Å². The molecule has 1 amide bonds. The van der Waals surface area contributed by atoms with Gasteiger partial charge >= 0.3 is 5.97 Å². The number of nitrogens with one attached hydrogen (secondary N) is 1. The predicted molar refractivity (Wildman–Crippen MR) is 120 cm³/mol. The molecule has 0 spiro atoms. The lowest BCUT2D eigenvalue weighted by atomic mass is 10.1. The van der Waals surface area contributed by atoms with Crippen molar-refractivity contribution in [1.29, 1.82) is 0 Å². The molecule has 0 saturated heterocycles. The van der Waals surface area contributed by atoms with E-state index in [0.29, 0.717) is 0 Å². The molecular weight excluding hydrogens is 523 g/mol. The highest BCUT2D eigenvalue weighted by atomic mass is 35.5. The van der Waals surface area contributed by atoms with Crippen molar-refractivity contribution in [3.05, 3.63) is 47.8 Å². The second-order valence-electron chi connectivity index (χ2n) is 5.49. The molecule has 0 heterocycles. The van der Waals surface area contributed by atoms with Gasteiger partial charge in [0, 0.05) is 6.07 Å². The van der Waals surface area contributed by atoms with Crippen molar-refractivity contribution in [2.24, 2.45) is 0 Å². The topological polar surface area (TPSA) is 73.9 Å². The molecule has 1 N–H and O–H groups in total. The highest BCUT2D eigenvalue weighted by molar-refractivity contribution is 6.55. The van der Waals surface area contributed by atoms with E-state index in [4.69, 9.17) is 83.8 Å². The monoisotopic (exact) mass is 533 g/mol. The first-order valence-corrected chi connectivity index (χ1v) is 10.4. The van der Waals surface area contributed by atoms with E-state index in [0.717, 1.165) is 0 Å². The Bertz CT molecular complexity index is 969. The van der Waals surface area contributed by atoms with Gasteiger partial charge in [-0.2, -0.15) is 0 Å². The van der Waals surface area contributed by atoms with Crippen LogP contribution in [0.1, 0.15) is 17.3 Å². The van der Waals surface area contributed by atoms with Crippen LogP contribution in [0, 0.1) is 0 Å². The van der Waals surface area contributed by atoms with Gasteiger partial charge in [-0.05, 0) is 13.0 Å². The fourth-order valence-corrected chi connectivity index (χ4v) is 3.66. The molecule has 0 aromatic heterocycles. The lowest BCUT2D eigenvalue weighted by molar-refractivity contribution is -0.118. The van der Waals surface area contributed by atoms with E-state index in [9.17, 15) is 9.59 Å². The summed E-state index contributed by atoms with van der Waals surface area (Å²) < 4.78 is 15.5. The number of methoxy groups -OCH3 is 1. The fourth-order valence-electron chi connectivity index (χ4n) is 2.22. The molecule has 30 heavy (non-hydrogen) atoms. The molecule has 162 valence electrons. The van der Waals surface area contributed by atoms with Gasteiger partial charge in [0.25, 0.3) is 5.91 Å². The molecule has 0 aliphatic carbocycles. The molecule has 12 heteroatoms. The van der Waals surface area contributed by atoms with E-state index in [1.54, 1.807) is 6.92 Å². The minimum absolute atomic E-state index is 0.0364. The lowest BCUT2D eigenvalue weighted by Crippen LogP contribution is -2.21. The summed E-state index contributed by atoms with van der Waals surface area (Å²) in [4.78, 5) is 24.3. The Balaban J connectivity index is 2.19. The van der Waals surface area contributed by atoms with Crippen molar-refractivity contribution < 1.29 is 23.8 Å². The van der Waals surface area contributed by atoms with Gasteiger partial charge in [-0.15, -0.1) is 0 Å². The number of amides is 1. The van der Waals surface area contributed by atoms with E-state index < -0.39 is 18.5 Å². The molecular formula is C18H13Cl6NO5. The van der Waals surface area contributed by atoms with Crippen LogP contribution in [-0.2, 0) is 9.53 Å². The van der Waals surface area contributed by atoms with Gasteiger partial charge in [0.1, 0.15) is 21.4 Å². The molecule has 2 rings (SSSR count). The third-order valence-electron chi connectivity index (χ3n) is 3.58. The molecule has 0 aliphatic heterocycles. The average molecular weight is 536 g/mol. The van der Waals surface area contributed by atoms with Gasteiger partial charge in [-0.3, -0.25) is 4.79 Å². The van der Waals surface area contributed by atoms with Crippen molar-refractivity contribution >= 4 is 87.2 Å². The number of hydrogen-bond donors (Lipinski definition) is 1. The number of carbonyl (C=O) groups is 2. The van der Waals surface area contributed by atoms with Gasteiger partial charge in [-0.1, -0.05) is 69.6 Å². The Morgan fingerprint density at radius 2 is 1.50 bits per heavy atom. The van der Waals surface area contributed by atoms with Crippen molar-refractivity contribution in [3.8, 4) is 11.5 Å². The summed E-state index contributed by atoms with van der Waals surface area (Å²) in [6, 6.07) is 2.70. The Labute approximate surface area is 202 Å². The van der Waals surface area contributed by atoms with Gasteiger partial charge in [0.05, 0.1) is 39.5 Å². The predicted octanol–water partition coefficient (Wildman–Crippen LogP) is 6.81. The van der Waals surface area contributed by atoms with Crippen LogP contribution in [0.3, 0.4) is 0 Å². The van der Waals surface area contributed by atoms with Gasteiger partial charge in [0.15, 0.2) is 12.4 Å². The third kappa shape index (κ3) is 5.49. The molecule has 0 fully saturated rings. The van der Waals surface area contributed by atoms with Crippen molar-refractivity contribution in [3.63, 3.8) is 0 Å². The maximum Gasteiger partial charge on any atom is 0.341 e. The largest absolute Gasteiger partial charge is 0.496 e. The standard InChI is InChI=1S/C18H13Cl6NO5/c1-3-29-18(27)7-4-8(19)9(5-10(7)28-2)25-11(26)6-30-17-15(23)13(21)12(20)14(22)16(17)24/h4-5H,3,6H2,1-2H3,(H,25,26). The van der Waals surface area contributed by atoms with E-state index in [1.807, 2.05) is 0 Å². The zero-order chi connectivity index (χ0) is 22.6. The van der Waals surface area contributed by atoms with Crippen LogP contribution in [0.25, 0.3) is 0 Å². The van der Waals surface area contributed by atoms with Crippen LogP contribution in [-0.4, -0.2) is 32.2 Å². The number of halogens is 6. The van der Waals surface area contributed by atoms with Crippen molar-refractivity contribution in [1.82, 2.24) is 0 Å². The third-order valence-corrected chi connectivity index (χ3v) is 6.13. The van der Waals surface area contributed by atoms with Crippen LogP contribution in [0.5, 0.6) is 11.5 Å². The van der Waals surface area contributed by atoms with Crippen LogP contribution in [0.2, 0.25) is 30.1 Å². The number of esters is 1. The van der Waals surface area contributed by atoms with E-state index in [1.165, 1.54) is 19.2 Å². The highest BCUT2D eigenvalue weighted by Crippen LogP contribution is 2.48. The first kappa shape index (κ1) is 25.0. The summed E-state index contributed by atoms with van der Waals surface area (Å²) in [5.74, 6) is -1.17. The molecule has 6 nitrogen and oxygen atoms in total. The Morgan fingerprint density at radius 1 is 0.933 bits per heavy atom. The number of hydrogen-bond acceptors (Lipinski definition) is 5. The normalized spacial score (nSPS) is 10.5. The minimum Gasteiger partial charge on any atom is -0.496 e. The summed E-state index contributed by atoms with van der Waals surface area (Å²) in [5, 5.41) is 2.26. The minimum atomic E-state index is -0.614. The summed E-state index contributed by atoms with van der Waals surface area (Å²) >= 11 is 36.1. The lowest BCUT2D eigenvalue weighted by Gasteiger charge is -2.15. The highest BCUT2D eigenvalue weighted by Gasteiger charge is 2.22. The van der Waals surface area contributed by atoms with Crippen LogP contribution in [0.4, 0.5) is 5.69 Å². The second kappa shape index (κ2) is 10.8. The van der Waals surface area contributed by atoms with Crippen LogP contribution < -0.4 is 14.8 Å². The molecule has 0 unspecified atom stereocenters. The number of rotatable bonds is 7. The van der Waals surface area contributed by atoms with Crippen LogP contribution in [0.15, 0.2) is 12.1 Å². The number of anilines is 1. The first-order valence-electron chi connectivity index (χ1n) is 8.11. The van der Waals surface area contributed by atoms with Gasteiger partial charge in [0.2, 0.25) is 0 Å². The second-order valence-corrected chi connectivity index (χ2v) is 7.79. The van der Waals surface area contributed by atoms with Gasteiger partial charge in [-0.25, -0.2) is 4.79 Å². The number of ether oxygens (including phenoxy) is 3. The van der Waals surface area contributed by atoms with E-state index in [-0.39, 0.29) is 59.5 Å². The Kier molecular flexibility index (Phi) is 9.03. The summed E-state index contributed by atoms with van der Waals surface area (Å²) in [7, 11) is 1.36. The smallest absolute Gasteiger partial charge is 0.341 e. The maximum atomic E-state index is 12.3. The average Bonchev–Trinajstić information content (AvgIpc) is 2.72. The Hall–Kier alpha value is -1.28. The number of carbonyl (C=O) groups excluding carboxylic acids is 2. The molecule has 0 bridgehead atoms. The Morgan fingerprint density at radius 3 is 2.03 bits per heavy atom. The molecule has 0 radical (unpaired) electrons. The van der Waals surface area contributed by atoms with Crippen molar-refractivity contribution in [2.75, 3.05) is 25.6 Å². The summed E-state index contributed by atoms with van der Waals surface area (Å²) in [5.41, 5.74) is 0.294. The summed E-state index contributed by atoms with van der Waals surface area (Å²) in [6.07, 6.45) is 0. The molecule has 0 atom stereocenters. The van der Waals surface area contributed by atoms with E-state index >= 15 is 0 Å². The SMILES string of the molecule is CCOC(=O)c1cc(Cl)c(NC(=O)COc2c(Cl)c(Cl)c(Cl)c(Cl)c2Cl)cc1OC. The van der Waals surface area contributed by atoms with Gasteiger partial charge < -0.3 is 19.5 Å². The number of benzene rings is 2. The van der Waals surface area contributed by atoms with Crippen LogP contribution >= 0.6 is 69.6 Å². The fraction of sp³-hybridized carbons (Fsp3) is 0.222. The van der Waals surface area contributed by atoms with Crippen molar-refractivity contribution in [2.45, 2.75) is 6.92 Å². The zero-order valence-electron chi connectivity index (χ0n) is 15.4. The molecule has 0 saturated carbocycles. The summed E-state index contributed by atoms with van der Waals surface area (Å²) in [6.45, 7) is 1.34. The molecule has 2 aromatic rings. The zero-order valence-corrected chi connectivity index (χ0v) is 19.9.